The van der Waals surface area contributed by atoms with Crippen LogP contribution in [0.1, 0.15) is 11.4 Å². The van der Waals surface area contributed by atoms with Crippen molar-refractivity contribution in [2.24, 2.45) is 9.53 Å². The van der Waals surface area contributed by atoms with Crippen LogP contribution in [0.15, 0.2) is 21.7 Å². The highest BCUT2D eigenvalue weighted by atomic mass is 31.2. The summed E-state index contributed by atoms with van der Waals surface area (Å²) in [5, 5.41) is 0. The second-order valence-electron chi connectivity index (χ2n) is 5.78. The first kappa shape index (κ1) is 20.4. The lowest BCUT2D eigenvalue weighted by Gasteiger charge is -2.25. The van der Waals surface area contributed by atoms with Gasteiger partial charge in [0.2, 0.25) is 0 Å². The predicted molar refractivity (Wildman–Crippen MR) is 105 cm³/mol. The van der Waals surface area contributed by atoms with Gasteiger partial charge < -0.3 is 4.98 Å². The Morgan fingerprint density at radius 1 is 0.696 bits per heavy atom. The van der Waals surface area contributed by atoms with Gasteiger partial charge in [0.05, 0.1) is 23.8 Å². The van der Waals surface area contributed by atoms with Crippen LogP contribution in [0.4, 0.5) is 0 Å². The summed E-state index contributed by atoms with van der Waals surface area (Å²) in [5.74, 6) is 0. The Kier molecular flexibility index (Phi) is 8.48. The molecule has 130 valence electrons. The molecule has 0 saturated carbocycles. The normalized spacial score (nSPS) is 13.5. The Hall–Kier alpha value is -0.680. The molecule has 1 rings (SSSR count). The van der Waals surface area contributed by atoms with Gasteiger partial charge in [-0.15, -0.1) is 0 Å². The third-order valence-electron chi connectivity index (χ3n) is 2.76. The molecule has 0 aromatic carbocycles. The standard InChI is InChI=1S/C14H29N7P2/c1-18(2)22(19(3)4)15-11-13-9-10-14(17-13)12-16-23(20(5)6)21(7)8/h9-12,17H,1-8H3/b15-11+,16-12?. The Labute approximate surface area is 142 Å². The van der Waals surface area contributed by atoms with Crippen molar-refractivity contribution >= 4 is 29.2 Å². The minimum Gasteiger partial charge on any atom is -0.353 e. The summed E-state index contributed by atoms with van der Waals surface area (Å²) < 4.78 is 17.8. The first-order valence-electron chi connectivity index (χ1n) is 7.28. The molecule has 1 N–H and O–H groups in total. The Morgan fingerprint density at radius 3 is 1.26 bits per heavy atom. The van der Waals surface area contributed by atoms with E-state index in [9.17, 15) is 0 Å². The molecule has 1 aromatic heterocycles. The molecule has 0 aliphatic carbocycles. The van der Waals surface area contributed by atoms with Gasteiger partial charge in [-0.05, 0) is 68.5 Å². The molecule has 0 aliphatic rings. The maximum atomic E-state index is 4.66. The predicted octanol–water partition coefficient (Wildman–Crippen LogP) is 2.55. The summed E-state index contributed by atoms with van der Waals surface area (Å²) in [4.78, 5) is 3.33. The van der Waals surface area contributed by atoms with Crippen molar-refractivity contribution in [3.63, 3.8) is 0 Å². The Balaban J connectivity index is 2.78. The molecular formula is C14H29N7P2. The van der Waals surface area contributed by atoms with E-state index in [1.165, 1.54) is 0 Å². The van der Waals surface area contributed by atoms with Crippen LogP contribution in [0.25, 0.3) is 0 Å². The van der Waals surface area contributed by atoms with Gasteiger partial charge >= 0.3 is 0 Å². The zero-order chi connectivity index (χ0) is 17.6. The van der Waals surface area contributed by atoms with E-state index in [0.29, 0.717) is 0 Å². The summed E-state index contributed by atoms with van der Waals surface area (Å²) in [6, 6.07) is 4.05. The smallest absolute Gasteiger partial charge is 0.168 e. The minimum atomic E-state index is -0.656. The van der Waals surface area contributed by atoms with E-state index < -0.39 is 16.7 Å². The summed E-state index contributed by atoms with van der Waals surface area (Å²) in [6.45, 7) is 0. The third kappa shape index (κ3) is 6.76. The molecule has 1 aromatic rings. The molecule has 0 radical (unpaired) electrons. The number of nitrogens with zero attached hydrogens (tertiary/aromatic N) is 6. The van der Waals surface area contributed by atoms with Crippen LogP contribution in [-0.2, 0) is 0 Å². The van der Waals surface area contributed by atoms with Gasteiger partial charge in [0.1, 0.15) is 0 Å². The van der Waals surface area contributed by atoms with E-state index in [1.807, 2.05) is 80.9 Å². The van der Waals surface area contributed by atoms with Crippen molar-refractivity contribution in [1.29, 1.82) is 0 Å². The molecular weight excluding hydrogens is 328 g/mol. The Bertz CT molecular complexity index is 462. The van der Waals surface area contributed by atoms with Gasteiger partial charge in [0, 0.05) is 0 Å². The molecule has 0 bridgehead atoms. The topological polar surface area (TPSA) is 53.5 Å². The highest BCUT2D eigenvalue weighted by Gasteiger charge is 2.12. The van der Waals surface area contributed by atoms with Crippen molar-refractivity contribution in [1.82, 2.24) is 23.7 Å². The molecule has 0 atom stereocenters. The van der Waals surface area contributed by atoms with Gasteiger partial charge in [-0.2, -0.15) is 0 Å². The van der Waals surface area contributed by atoms with Crippen LogP contribution in [0, 0.1) is 0 Å². The zero-order valence-electron chi connectivity index (χ0n) is 15.4. The second-order valence-corrected chi connectivity index (χ2v) is 10.5. The number of nitrogens with one attached hydrogen (secondary N) is 1. The highest BCUT2D eigenvalue weighted by molar-refractivity contribution is 7.51. The first-order chi connectivity index (χ1) is 10.7. The zero-order valence-corrected chi connectivity index (χ0v) is 17.2. The number of aromatic nitrogens is 1. The summed E-state index contributed by atoms with van der Waals surface area (Å²) in [7, 11) is 15.0. The van der Waals surface area contributed by atoms with E-state index in [-0.39, 0.29) is 0 Å². The fraction of sp³-hybridized carbons (Fsp3) is 0.571. The maximum absolute atomic E-state index is 4.66. The average Bonchev–Trinajstić information content (AvgIpc) is 2.85. The molecule has 9 heteroatoms. The van der Waals surface area contributed by atoms with Gasteiger partial charge in [0.25, 0.3) is 0 Å². The van der Waals surface area contributed by atoms with E-state index in [4.69, 9.17) is 0 Å². The second kappa shape index (κ2) is 9.58. The Morgan fingerprint density at radius 2 is 1.00 bits per heavy atom. The van der Waals surface area contributed by atoms with Crippen molar-refractivity contribution in [3.05, 3.63) is 23.5 Å². The van der Waals surface area contributed by atoms with Crippen LogP contribution in [0.2, 0.25) is 0 Å². The van der Waals surface area contributed by atoms with E-state index in [2.05, 4.69) is 33.2 Å². The molecule has 7 nitrogen and oxygen atoms in total. The quantitative estimate of drug-likeness (QED) is 0.574. The largest absolute Gasteiger partial charge is 0.353 e. The molecule has 0 unspecified atom stereocenters. The SMILES string of the molecule is CN(C)P(N=Cc1ccc(/C=N/P(N(C)C)N(C)C)[nH]1)N(C)C. The van der Waals surface area contributed by atoms with Crippen molar-refractivity contribution < 1.29 is 0 Å². The monoisotopic (exact) mass is 357 g/mol. The van der Waals surface area contributed by atoms with Crippen molar-refractivity contribution in [2.75, 3.05) is 56.4 Å². The lowest BCUT2D eigenvalue weighted by atomic mass is 10.4. The summed E-state index contributed by atoms with van der Waals surface area (Å²) in [5.41, 5.74) is 1.98. The van der Waals surface area contributed by atoms with Crippen molar-refractivity contribution in [3.8, 4) is 0 Å². The number of hydrogen-bond donors (Lipinski definition) is 1. The maximum Gasteiger partial charge on any atom is 0.168 e. The van der Waals surface area contributed by atoms with E-state index in [1.54, 1.807) is 0 Å². The fourth-order valence-corrected chi connectivity index (χ4v) is 4.65. The lowest BCUT2D eigenvalue weighted by molar-refractivity contribution is 0.575. The van der Waals surface area contributed by atoms with Gasteiger partial charge in [0.15, 0.2) is 16.7 Å². The molecule has 1 heterocycles. The highest BCUT2D eigenvalue weighted by Crippen LogP contribution is 2.41. The molecule has 0 fully saturated rings. The van der Waals surface area contributed by atoms with E-state index in [0.717, 1.165) is 11.4 Å². The molecule has 0 saturated heterocycles. The minimum absolute atomic E-state index is 0.656. The van der Waals surface area contributed by atoms with Gasteiger partial charge in [-0.25, -0.2) is 9.53 Å². The first-order valence-corrected chi connectivity index (χ1v) is 9.68. The van der Waals surface area contributed by atoms with E-state index >= 15 is 0 Å². The lowest BCUT2D eigenvalue weighted by Crippen LogP contribution is -2.15. The molecule has 0 spiro atoms. The van der Waals surface area contributed by atoms with Crippen LogP contribution in [0.5, 0.6) is 0 Å². The van der Waals surface area contributed by atoms with Crippen LogP contribution in [-0.4, -0.2) is 92.5 Å². The number of aromatic amines is 1. The average molecular weight is 357 g/mol. The summed E-state index contributed by atoms with van der Waals surface area (Å²) in [6.07, 6.45) is 3.79. The number of rotatable bonds is 8. The molecule has 23 heavy (non-hydrogen) atoms. The number of hydrogen-bond acceptors (Lipinski definition) is 6. The number of H-pyrrole nitrogens is 1. The van der Waals surface area contributed by atoms with Gasteiger partial charge in [-0.3, -0.25) is 18.7 Å². The van der Waals surface area contributed by atoms with Crippen LogP contribution >= 0.6 is 16.7 Å². The molecule has 0 amide bonds. The van der Waals surface area contributed by atoms with Crippen molar-refractivity contribution in [2.45, 2.75) is 0 Å². The molecule has 0 aliphatic heterocycles. The summed E-state index contributed by atoms with van der Waals surface area (Å²) >= 11 is 0. The fourth-order valence-electron chi connectivity index (χ4n) is 1.94. The van der Waals surface area contributed by atoms with Gasteiger partial charge in [-0.1, -0.05) is 0 Å². The van der Waals surface area contributed by atoms with Crippen LogP contribution < -0.4 is 0 Å². The third-order valence-corrected chi connectivity index (χ3v) is 6.27. The van der Waals surface area contributed by atoms with Crippen LogP contribution in [0.3, 0.4) is 0 Å².